The van der Waals surface area contributed by atoms with Crippen LogP contribution in [0.2, 0.25) is 5.02 Å². The number of fused-ring (bicyclic) bond motifs is 1. The molecule has 5 rings (SSSR count). The number of hydrogen-bond donors (Lipinski definition) is 1. The summed E-state index contributed by atoms with van der Waals surface area (Å²) in [5, 5.41) is 3.68. The molecular weight excluding hydrogens is 458 g/mol. The van der Waals surface area contributed by atoms with Crippen LogP contribution in [0.4, 0.5) is 0 Å². The van der Waals surface area contributed by atoms with Crippen LogP contribution >= 0.6 is 11.6 Å². The highest BCUT2D eigenvalue weighted by Crippen LogP contribution is 2.48. The number of benzene rings is 2. The molecule has 1 atom stereocenters. The zero-order chi connectivity index (χ0) is 23.8. The maximum atomic E-state index is 13.4. The quantitative estimate of drug-likeness (QED) is 0.615. The third-order valence-electron chi connectivity index (χ3n) is 6.33. The van der Waals surface area contributed by atoms with Gasteiger partial charge in [-0.1, -0.05) is 23.7 Å². The van der Waals surface area contributed by atoms with Crippen molar-refractivity contribution >= 4 is 23.4 Å². The Morgan fingerprint density at radius 1 is 1.15 bits per heavy atom. The van der Waals surface area contributed by atoms with E-state index in [4.69, 9.17) is 30.5 Å². The molecule has 0 fully saturated rings. The number of hydrogen-bond acceptors (Lipinski definition) is 7. The molecule has 2 aliphatic heterocycles. The Hall–Kier alpha value is -3.45. The number of esters is 1. The molecule has 1 aliphatic carbocycles. The second kappa shape index (κ2) is 9.06. The van der Waals surface area contributed by atoms with Crippen molar-refractivity contribution in [1.82, 2.24) is 5.32 Å². The number of ether oxygens (including phenoxy) is 4. The minimum atomic E-state index is -0.658. The van der Waals surface area contributed by atoms with Gasteiger partial charge in [0, 0.05) is 40.4 Å². The van der Waals surface area contributed by atoms with Gasteiger partial charge in [0.15, 0.2) is 17.3 Å². The number of methoxy groups -OCH3 is 1. The van der Waals surface area contributed by atoms with Gasteiger partial charge in [-0.2, -0.15) is 0 Å². The van der Waals surface area contributed by atoms with Crippen molar-refractivity contribution in [2.45, 2.75) is 38.7 Å². The lowest BCUT2D eigenvalue weighted by Gasteiger charge is -2.34. The van der Waals surface area contributed by atoms with E-state index in [2.05, 4.69) is 5.32 Å². The first-order chi connectivity index (χ1) is 16.5. The summed E-state index contributed by atoms with van der Waals surface area (Å²) >= 11 is 6.66. The van der Waals surface area contributed by atoms with Gasteiger partial charge in [0.25, 0.3) is 0 Å². The molecule has 0 saturated carbocycles. The van der Waals surface area contributed by atoms with Gasteiger partial charge in [0.1, 0.15) is 12.4 Å². The zero-order valence-corrected chi connectivity index (χ0v) is 19.7. The van der Waals surface area contributed by atoms with Gasteiger partial charge in [-0.05, 0) is 49.1 Å². The first-order valence-electron chi connectivity index (χ1n) is 11.1. The van der Waals surface area contributed by atoms with Gasteiger partial charge in [-0.15, -0.1) is 0 Å². The lowest BCUT2D eigenvalue weighted by Crippen LogP contribution is -2.34. The average Bonchev–Trinajstić information content (AvgIpc) is 3.29. The molecular formula is C26H24ClNO6. The first-order valence-corrected chi connectivity index (χ1v) is 11.5. The monoisotopic (exact) mass is 481 g/mol. The molecule has 0 radical (unpaired) electrons. The number of carbonyl (C=O) groups excluding carboxylic acids is 2. The fourth-order valence-corrected chi connectivity index (χ4v) is 4.93. The molecule has 0 spiro atoms. The third kappa shape index (κ3) is 4.01. The predicted octanol–water partition coefficient (Wildman–Crippen LogP) is 4.79. The van der Waals surface area contributed by atoms with Crippen molar-refractivity contribution in [2.24, 2.45) is 0 Å². The van der Waals surface area contributed by atoms with Crippen molar-refractivity contribution in [3.63, 3.8) is 0 Å². The van der Waals surface area contributed by atoms with Crippen LogP contribution in [-0.4, -0.2) is 25.7 Å². The Balaban J connectivity index is 1.52. The molecule has 0 bridgehead atoms. The van der Waals surface area contributed by atoms with E-state index in [9.17, 15) is 9.59 Å². The summed E-state index contributed by atoms with van der Waals surface area (Å²) in [6, 6.07) is 10.7. The fourth-order valence-electron chi connectivity index (χ4n) is 4.67. The van der Waals surface area contributed by atoms with E-state index in [1.165, 1.54) is 0 Å². The molecule has 2 heterocycles. The van der Waals surface area contributed by atoms with Gasteiger partial charge < -0.3 is 24.3 Å². The molecule has 7 nitrogen and oxygen atoms in total. The molecule has 0 aromatic heterocycles. The standard InChI is InChI=1S/C26H24ClNO6/c1-14-23(26(30)32-12-15-6-8-16(31-2)9-7-15)24(25-19(28-14)4-3-5-20(25)29)17-10-21-22(11-18(17)27)34-13-33-21/h6-11,24,28H,3-5,12-13H2,1-2H3/t24-/m1/s1. The Bertz CT molecular complexity index is 1230. The van der Waals surface area contributed by atoms with Gasteiger partial charge in [-0.3, -0.25) is 4.79 Å². The lowest BCUT2D eigenvalue weighted by atomic mass is 9.75. The Morgan fingerprint density at radius 3 is 2.62 bits per heavy atom. The number of Topliss-reactive ketones (excluding diaryl/α,β-unsaturated/α-hetero) is 1. The van der Waals surface area contributed by atoms with Crippen molar-refractivity contribution < 1.29 is 28.5 Å². The van der Waals surface area contributed by atoms with Crippen LogP contribution in [0.1, 0.15) is 43.2 Å². The van der Waals surface area contributed by atoms with E-state index in [-0.39, 0.29) is 19.2 Å². The van der Waals surface area contributed by atoms with E-state index in [0.29, 0.717) is 45.3 Å². The summed E-state index contributed by atoms with van der Waals surface area (Å²) in [5.74, 6) is 0.625. The Kier molecular flexibility index (Phi) is 5.96. The van der Waals surface area contributed by atoms with Crippen LogP contribution in [0, 0.1) is 0 Å². The third-order valence-corrected chi connectivity index (χ3v) is 6.66. The van der Waals surface area contributed by atoms with Crippen molar-refractivity contribution in [2.75, 3.05) is 13.9 Å². The van der Waals surface area contributed by atoms with Crippen LogP contribution in [-0.2, 0) is 20.9 Å². The van der Waals surface area contributed by atoms with Crippen molar-refractivity contribution in [1.29, 1.82) is 0 Å². The minimum absolute atomic E-state index is 0.000405. The number of carbonyl (C=O) groups is 2. The van der Waals surface area contributed by atoms with Gasteiger partial charge >= 0.3 is 5.97 Å². The maximum absolute atomic E-state index is 13.4. The van der Waals surface area contributed by atoms with Crippen molar-refractivity contribution in [3.8, 4) is 17.2 Å². The van der Waals surface area contributed by atoms with Gasteiger partial charge in [0.2, 0.25) is 6.79 Å². The number of rotatable bonds is 5. The number of nitrogens with one attached hydrogen (secondary N) is 1. The number of allylic oxidation sites excluding steroid dienone is 3. The molecule has 0 unspecified atom stereocenters. The fraction of sp³-hybridized carbons (Fsp3) is 0.308. The first kappa shape index (κ1) is 22.3. The number of dihydropyridines is 1. The summed E-state index contributed by atoms with van der Waals surface area (Å²) in [7, 11) is 1.59. The molecule has 176 valence electrons. The summed E-state index contributed by atoms with van der Waals surface area (Å²) in [6.07, 6.45) is 1.91. The van der Waals surface area contributed by atoms with Crippen LogP contribution < -0.4 is 19.5 Å². The second-order valence-electron chi connectivity index (χ2n) is 8.42. The molecule has 8 heteroatoms. The maximum Gasteiger partial charge on any atom is 0.337 e. The Labute approximate surface area is 202 Å². The average molecular weight is 482 g/mol. The van der Waals surface area contributed by atoms with Crippen LogP contribution in [0.5, 0.6) is 17.2 Å². The summed E-state index contributed by atoms with van der Waals surface area (Å²) in [4.78, 5) is 26.5. The number of halogens is 1. The molecule has 2 aromatic rings. The molecule has 34 heavy (non-hydrogen) atoms. The summed E-state index contributed by atoms with van der Waals surface area (Å²) in [5.41, 5.74) is 3.84. The predicted molar refractivity (Wildman–Crippen MR) is 125 cm³/mol. The SMILES string of the molecule is COc1ccc(COC(=O)C2=C(C)NC3=C(C(=O)CCC3)[C@@H]2c2cc3c(cc2Cl)OCO3)cc1. The topological polar surface area (TPSA) is 83.1 Å². The highest BCUT2D eigenvalue weighted by Gasteiger charge is 2.40. The van der Waals surface area contributed by atoms with Crippen LogP contribution in [0.15, 0.2) is 58.9 Å². The summed E-state index contributed by atoms with van der Waals surface area (Å²) in [6.45, 7) is 2.00. The zero-order valence-electron chi connectivity index (χ0n) is 18.9. The van der Waals surface area contributed by atoms with Gasteiger partial charge in [0.05, 0.1) is 12.7 Å². The highest BCUT2D eigenvalue weighted by molar-refractivity contribution is 6.32. The molecule has 3 aliphatic rings. The Morgan fingerprint density at radius 2 is 1.88 bits per heavy atom. The normalized spacial score (nSPS) is 19.0. The van der Waals surface area contributed by atoms with Crippen molar-refractivity contribution in [3.05, 3.63) is 75.1 Å². The molecule has 0 saturated heterocycles. The van der Waals surface area contributed by atoms with Crippen LogP contribution in [0.25, 0.3) is 0 Å². The van der Waals surface area contributed by atoms with E-state index < -0.39 is 11.9 Å². The largest absolute Gasteiger partial charge is 0.497 e. The minimum Gasteiger partial charge on any atom is -0.497 e. The number of ketones is 1. The van der Waals surface area contributed by atoms with E-state index in [0.717, 1.165) is 29.9 Å². The lowest BCUT2D eigenvalue weighted by molar-refractivity contribution is -0.140. The van der Waals surface area contributed by atoms with Gasteiger partial charge in [-0.25, -0.2) is 4.79 Å². The smallest absolute Gasteiger partial charge is 0.337 e. The molecule has 1 N–H and O–H groups in total. The highest BCUT2D eigenvalue weighted by atomic mass is 35.5. The van der Waals surface area contributed by atoms with E-state index in [1.807, 2.05) is 31.2 Å². The van der Waals surface area contributed by atoms with Crippen LogP contribution in [0.3, 0.4) is 0 Å². The second-order valence-corrected chi connectivity index (χ2v) is 8.82. The van der Waals surface area contributed by atoms with E-state index in [1.54, 1.807) is 19.2 Å². The summed E-state index contributed by atoms with van der Waals surface area (Å²) < 4.78 is 21.9. The molecule has 0 amide bonds. The molecule has 2 aromatic carbocycles. The van der Waals surface area contributed by atoms with E-state index >= 15 is 0 Å².